The van der Waals surface area contributed by atoms with Crippen molar-refractivity contribution in [2.24, 2.45) is 5.73 Å². The molecule has 0 amide bonds. The third-order valence-electron chi connectivity index (χ3n) is 2.28. The molecule has 17 heavy (non-hydrogen) atoms. The number of nitrogens with zero attached hydrogens (tertiary/aromatic N) is 1. The van der Waals surface area contributed by atoms with E-state index in [1.165, 1.54) is 12.1 Å². The van der Waals surface area contributed by atoms with Gasteiger partial charge in [-0.25, -0.2) is 0 Å². The molecule has 0 aliphatic rings. The second-order valence-electron chi connectivity index (χ2n) is 3.44. The molecule has 0 heterocycles. The quantitative estimate of drug-likeness (QED) is 0.502. The van der Waals surface area contributed by atoms with E-state index in [0.717, 1.165) is 6.07 Å². The number of halogens is 2. The van der Waals surface area contributed by atoms with Gasteiger partial charge in [0, 0.05) is 12.1 Å². The summed E-state index contributed by atoms with van der Waals surface area (Å²) < 4.78 is 13.0. The number of allylic oxidation sites excluding steroid dienone is 1. The second-order valence-corrected chi connectivity index (χ2v) is 3.44. The van der Waals surface area contributed by atoms with Crippen molar-refractivity contribution in [3.8, 4) is 0 Å². The molecule has 4 nitrogen and oxygen atoms in total. The molecule has 0 saturated heterocycles. The van der Waals surface area contributed by atoms with Gasteiger partial charge in [0.1, 0.15) is 0 Å². The van der Waals surface area contributed by atoms with Crippen LogP contribution in [0.15, 0.2) is 30.9 Å². The highest BCUT2D eigenvalue weighted by Crippen LogP contribution is 2.23. The lowest BCUT2D eigenvalue weighted by molar-refractivity contribution is -0.387. The molecule has 1 aromatic carbocycles. The Hall–Kier alpha value is -1.46. The van der Waals surface area contributed by atoms with Gasteiger partial charge in [-0.2, -0.15) is 4.39 Å². The molecule has 0 aromatic heterocycles. The first-order valence-corrected chi connectivity index (χ1v) is 4.86. The molecule has 0 fully saturated rings. The van der Waals surface area contributed by atoms with Crippen molar-refractivity contribution in [2.45, 2.75) is 18.9 Å². The highest BCUT2D eigenvalue weighted by molar-refractivity contribution is 5.85. The van der Waals surface area contributed by atoms with Gasteiger partial charge in [0.05, 0.1) is 4.92 Å². The maximum Gasteiger partial charge on any atom is 0.305 e. The highest BCUT2D eigenvalue weighted by atomic mass is 35.5. The molecule has 0 unspecified atom stereocenters. The Kier molecular flexibility index (Phi) is 6.38. The average molecular weight is 261 g/mol. The molecule has 0 aliphatic carbocycles. The highest BCUT2D eigenvalue weighted by Gasteiger charge is 2.16. The van der Waals surface area contributed by atoms with Crippen LogP contribution in [0, 0.1) is 15.9 Å². The van der Waals surface area contributed by atoms with Crippen LogP contribution in [0.3, 0.4) is 0 Å². The summed E-state index contributed by atoms with van der Waals surface area (Å²) in [6.07, 6.45) is 3.07. The maximum atomic E-state index is 13.0. The molecule has 2 N–H and O–H groups in total. The lowest BCUT2D eigenvalue weighted by Gasteiger charge is -2.10. The number of benzene rings is 1. The van der Waals surface area contributed by atoms with Crippen LogP contribution in [0.4, 0.5) is 10.1 Å². The molecule has 1 aromatic rings. The third-order valence-corrected chi connectivity index (χ3v) is 2.28. The van der Waals surface area contributed by atoms with Crippen LogP contribution < -0.4 is 5.73 Å². The largest absolute Gasteiger partial charge is 0.324 e. The Labute approximate surface area is 105 Å². The number of hydrogen-bond donors (Lipinski definition) is 1. The van der Waals surface area contributed by atoms with Gasteiger partial charge < -0.3 is 5.73 Å². The van der Waals surface area contributed by atoms with Crippen LogP contribution in [0.1, 0.15) is 24.4 Å². The van der Waals surface area contributed by atoms with E-state index in [2.05, 4.69) is 6.58 Å². The molecule has 1 atom stereocenters. The number of nitrogens with two attached hydrogens (primary N) is 1. The van der Waals surface area contributed by atoms with Crippen molar-refractivity contribution in [1.82, 2.24) is 0 Å². The molecule has 0 spiro atoms. The fourth-order valence-corrected chi connectivity index (χ4v) is 1.36. The minimum absolute atomic E-state index is 0. The van der Waals surface area contributed by atoms with E-state index in [9.17, 15) is 14.5 Å². The minimum Gasteiger partial charge on any atom is -0.324 e. The first-order chi connectivity index (χ1) is 7.56. The van der Waals surface area contributed by atoms with Crippen molar-refractivity contribution in [1.29, 1.82) is 0 Å². The van der Waals surface area contributed by atoms with E-state index in [1.807, 2.05) is 0 Å². The normalized spacial score (nSPS) is 11.4. The van der Waals surface area contributed by atoms with Crippen molar-refractivity contribution >= 4 is 18.1 Å². The molecule has 0 bridgehead atoms. The summed E-state index contributed by atoms with van der Waals surface area (Å²) in [5, 5.41) is 10.5. The van der Waals surface area contributed by atoms with Gasteiger partial charge in [-0.05, 0) is 24.5 Å². The van der Waals surface area contributed by atoms with E-state index >= 15 is 0 Å². The van der Waals surface area contributed by atoms with Crippen LogP contribution in [-0.2, 0) is 0 Å². The summed E-state index contributed by atoms with van der Waals surface area (Å²) >= 11 is 0. The first-order valence-electron chi connectivity index (χ1n) is 4.86. The van der Waals surface area contributed by atoms with E-state index in [1.54, 1.807) is 6.08 Å². The average Bonchev–Trinajstić information content (AvgIpc) is 2.26. The molecular weight excluding hydrogens is 247 g/mol. The van der Waals surface area contributed by atoms with Gasteiger partial charge >= 0.3 is 5.69 Å². The predicted molar refractivity (Wildman–Crippen MR) is 66.7 cm³/mol. The Balaban J connectivity index is 0.00000256. The topological polar surface area (TPSA) is 69.2 Å². The number of nitro groups is 1. The molecular formula is C11H14ClFN2O2. The fraction of sp³-hybridized carbons (Fsp3) is 0.273. The molecule has 94 valence electrons. The molecule has 0 saturated carbocycles. The van der Waals surface area contributed by atoms with E-state index in [-0.39, 0.29) is 18.4 Å². The number of hydrogen-bond acceptors (Lipinski definition) is 3. The maximum absolute atomic E-state index is 13.0. The molecule has 0 radical (unpaired) electrons. The summed E-state index contributed by atoms with van der Waals surface area (Å²) in [5.74, 6) is -0.843. The summed E-state index contributed by atoms with van der Waals surface area (Å²) in [6.45, 7) is 3.56. The predicted octanol–water partition coefficient (Wildman–Crippen LogP) is 3.12. The van der Waals surface area contributed by atoms with Gasteiger partial charge in [-0.15, -0.1) is 19.0 Å². The third kappa shape index (κ3) is 4.13. The fourth-order valence-electron chi connectivity index (χ4n) is 1.36. The summed E-state index contributed by atoms with van der Waals surface area (Å²) in [5.41, 5.74) is 5.84. The number of nitro benzene ring substituents is 1. The van der Waals surface area contributed by atoms with Gasteiger partial charge in [0.25, 0.3) is 0 Å². The van der Waals surface area contributed by atoms with E-state index in [0.29, 0.717) is 18.4 Å². The van der Waals surface area contributed by atoms with Crippen LogP contribution in [0.5, 0.6) is 0 Å². The molecule has 6 heteroatoms. The van der Waals surface area contributed by atoms with Crippen LogP contribution >= 0.6 is 12.4 Å². The van der Waals surface area contributed by atoms with Crippen molar-refractivity contribution in [2.75, 3.05) is 0 Å². The minimum atomic E-state index is -0.843. The van der Waals surface area contributed by atoms with E-state index < -0.39 is 16.4 Å². The van der Waals surface area contributed by atoms with Gasteiger partial charge in [0.15, 0.2) is 0 Å². The Morgan fingerprint density at radius 3 is 2.76 bits per heavy atom. The second kappa shape index (κ2) is 6.98. The summed E-state index contributed by atoms with van der Waals surface area (Å²) in [6, 6.07) is 3.39. The van der Waals surface area contributed by atoms with Crippen molar-refractivity contribution in [3.63, 3.8) is 0 Å². The van der Waals surface area contributed by atoms with Crippen LogP contribution in [0.25, 0.3) is 0 Å². The van der Waals surface area contributed by atoms with Crippen molar-refractivity contribution < 1.29 is 9.31 Å². The Morgan fingerprint density at radius 2 is 2.24 bits per heavy atom. The lowest BCUT2D eigenvalue weighted by Crippen LogP contribution is -2.10. The zero-order valence-corrected chi connectivity index (χ0v) is 9.95. The smallest absolute Gasteiger partial charge is 0.305 e. The van der Waals surface area contributed by atoms with Gasteiger partial charge in [0.2, 0.25) is 5.82 Å². The first kappa shape index (κ1) is 15.5. The van der Waals surface area contributed by atoms with Crippen molar-refractivity contribution in [3.05, 3.63) is 52.3 Å². The number of rotatable bonds is 5. The standard InChI is InChI=1S/C11H13FN2O2.ClH/c1-2-3-4-10(13)8-5-6-9(12)11(7-8)14(15)16;/h2,5-7,10H,1,3-4,13H2;1H/t10-;/m0./s1. The summed E-state index contributed by atoms with van der Waals surface area (Å²) in [7, 11) is 0. The Bertz CT molecular complexity index is 412. The van der Waals surface area contributed by atoms with Crippen LogP contribution in [0.2, 0.25) is 0 Å². The lowest BCUT2D eigenvalue weighted by atomic mass is 10.0. The zero-order valence-electron chi connectivity index (χ0n) is 9.14. The monoisotopic (exact) mass is 260 g/mol. The Morgan fingerprint density at radius 1 is 1.59 bits per heavy atom. The van der Waals surface area contributed by atoms with Gasteiger partial charge in [-0.1, -0.05) is 12.1 Å². The van der Waals surface area contributed by atoms with Gasteiger partial charge in [-0.3, -0.25) is 10.1 Å². The molecule has 0 aliphatic heterocycles. The zero-order chi connectivity index (χ0) is 12.1. The summed E-state index contributed by atoms with van der Waals surface area (Å²) in [4.78, 5) is 9.77. The van der Waals surface area contributed by atoms with E-state index in [4.69, 9.17) is 5.73 Å². The van der Waals surface area contributed by atoms with Crippen LogP contribution in [-0.4, -0.2) is 4.92 Å². The molecule has 1 rings (SSSR count). The SMILES string of the molecule is C=CCC[C@H](N)c1ccc(F)c([N+](=O)[O-])c1.Cl.